The van der Waals surface area contributed by atoms with Crippen molar-refractivity contribution < 1.29 is 39.1 Å². The van der Waals surface area contributed by atoms with E-state index in [9.17, 15) is 19.2 Å². The lowest BCUT2D eigenvalue weighted by molar-refractivity contribution is -0.455. The Morgan fingerprint density at radius 2 is 1.35 bits per heavy atom. The molecule has 1 aliphatic rings. The Hall–Kier alpha value is -2.32. The number of hydrogen-bond donors (Lipinski definition) is 1. The van der Waals surface area contributed by atoms with E-state index in [0.717, 1.165) is 19.3 Å². The zero-order valence-corrected chi connectivity index (χ0v) is 13.5. The minimum atomic E-state index is -0.859. The highest BCUT2D eigenvalue weighted by Crippen LogP contribution is 2.30. The summed E-state index contributed by atoms with van der Waals surface area (Å²) in [7, 11) is 1.00. The first-order chi connectivity index (χ1) is 10.7. The first-order valence-electron chi connectivity index (χ1n) is 6.52. The summed E-state index contributed by atoms with van der Waals surface area (Å²) in [6, 6.07) is 0. The van der Waals surface area contributed by atoms with Crippen LogP contribution in [0, 0.1) is 5.41 Å². The van der Waals surface area contributed by atoms with Crippen molar-refractivity contribution in [3.05, 3.63) is 25.3 Å². The topological polar surface area (TPSA) is 116 Å². The minimum Gasteiger partial charge on any atom is -0.400 e. The summed E-state index contributed by atoms with van der Waals surface area (Å²) in [5, 5.41) is 10.7. The van der Waals surface area contributed by atoms with Crippen molar-refractivity contribution in [1.29, 1.82) is 0 Å². The Balaban J connectivity index is 0. The summed E-state index contributed by atoms with van der Waals surface area (Å²) in [6.07, 6.45) is 3.00. The lowest BCUT2D eigenvalue weighted by Crippen LogP contribution is -2.28. The molecule has 1 saturated carbocycles. The van der Waals surface area contributed by atoms with Crippen LogP contribution in [0.4, 0.5) is 0 Å². The van der Waals surface area contributed by atoms with Crippen molar-refractivity contribution in [1.82, 2.24) is 0 Å². The van der Waals surface area contributed by atoms with Gasteiger partial charge in [-0.3, -0.25) is 19.4 Å². The van der Waals surface area contributed by atoms with E-state index < -0.39 is 11.9 Å². The first-order valence-corrected chi connectivity index (χ1v) is 6.52. The third-order valence-corrected chi connectivity index (χ3v) is 2.31. The number of carbonyl (C=O) groups excluding carboxylic acids is 4. The number of aliphatic hydroxyl groups excluding tert-OH is 1. The normalized spacial score (nSPS) is 15.0. The number of carbonyl (C=O) groups is 4. The maximum atomic E-state index is 10.9. The molecule has 0 atom stereocenters. The van der Waals surface area contributed by atoms with Crippen LogP contribution in [0.25, 0.3) is 0 Å². The molecule has 8 heteroatoms. The van der Waals surface area contributed by atoms with Gasteiger partial charge in [0.15, 0.2) is 0 Å². The molecule has 1 aliphatic carbocycles. The summed E-state index contributed by atoms with van der Waals surface area (Å²) >= 11 is 0. The first kappa shape index (κ1) is 23.0. The number of hydrogen-bond acceptors (Lipinski definition) is 8. The predicted molar refractivity (Wildman–Crippen MR) is 79.5 cm³/mol. The van der Waals surface area contributed by atoms with Gasteiger partial charge in [0, 0.05) is 37.1 Å². The molecule has 0 amide bonds. The second-order valence-corrected chi connectivity index (χ2v) is 5.05. The molecular formula is C15H22O8. The standard InChI is InChI=1S/C8H12O2.C6H6O5.CH4O/c1-8(2)4-6(9)3-7(10)5-8;1-3-5(7)9-11-10-6(8)4-2;1-2/h3-5H2,1-2H3;3-4H,1-2H2;2H,1H3. The van der Waals surface area contributed by atoms with E-state index in [1.807, 2.05) is 13.8 Å². The Morgan fingerprint density at radius 1 is 1.00 bits per heavy atom. The molecule has 0 aromatic carbocycles. The van der Waals surface area contributed by atoms with Gasteiger partial charge < -0.3 is 5.11 Å². The summed E-state index contributed by atoms with van der Waals surface area (Å²) in [5.41, 5.74) is -0.0770. The van der Waals surface area contributed by atoms with Gasteiger partial charge in [-0.2, -0.15) is 0 Å². The van der Waals surface area contributed by atoms with Gasteiger partial charge in [0.2, 0.25) is 0 Å². The summed E-state index contributed by atoms with van der Waals surface area (Å²) in [6.45, 7) is 10.0. The van der Waals surface area contributed by atoms with Crippen molar-refractivity contribution in [2.75, 3.05) is 7.11 Å². The van der Waals surface area contributed by atoms with Crippen LogP contribution in [-0.4, -0.2) is 35.7 Å². The van der Waals surface area contributed by atoms with Crippen LogP contribution in [0.2, 0.25) is 0 Å². The van der Waals surface area contributed by atoms with Crippen molar-refractivity contribution in [2.45, 2.75) is 33.1 Å². The lowest BCUT2D eigenvalue weighted by Gasteiger charge is -2.26. The summed E-state index contributed by atoms with van der Waals surface area (Å²) in [5.74, 6) is -1.52. The van der Waals surface area contributed by atoms with E-state index in [4.69, 9.17) is 5.11 Å². The molecule has 130 valence electrons. The van der Waals surface area contributed by atoms with Crippen molar-refractivity contribution >= 4 is 23.5 Å². The molecule has 0 saturated heterocycles. The van der Waals surface area contributed by atoms with Crippen LogP contribution in [0.1, 0.15) is 33.1 Å². The largest absolute Gasteiger partial charge is 0.400 e. The number of ketones is 2. The van der Waals surface area contributed by atoms with Gasteiger partial charge in [-0.05, 0) is 5.41 Å². The van der Waals surface area contributed by atoms with Crippen LogP contribution in [0.5, 0.6) is 0 Å². The van der Waals surface area contributed by atoms with E-state index in [1.54, 1.807) is 0 Å². The highest BCUT2D eigenvalue weighted by atomic mass is 17.5. The third kappa shape index (κ3) is 13.1. The Labute approximate surface area is 134 Å². The molecule has 23 heavy (non-hydrogen) atoms. The van der Waals surface area contributed by atoms with E-state index in [2.05, 4.69) is 28.0 Å². The number of rotatable bonds is 4. The number of Topliss-reactive ketones (excluding diaryl/α,β-unsaturated/α-hetero) is 2. The molecule has 1 fully saturated rings. The smallest absolute Gasteiger partial charge is 0.369 e. The highest BCUT2D eigenvalue weighted by Gasteiger charge is 2.31. The van der Waals surface area contributed by atoms with Gasteiger partial charge in [0.25, 0.3) is 0 Å². The fourth-order valence-corrected chi connectivity index (χ4v) is 1.63. The molecule has 0 unspecified atom stereocenters. The fourth-order valence-electron chi connectivity index (χ4n) is 1.63. The van der Waals surface area contributed by atoms with Crippen LogP contribution < -0.4 is 0 Å². The van der Waals surface area contributed by atoms with Crippen LogP contribution >= 0.6 is 0 Å². The van der Waals surface area contributed by atoms with Gasteiger partial charge in [-0.25, -0.2) is 9.59 Å². The molecule has 0 aromatic rings. The molecule has 1 N–H and O–H groups in total. The van der Waals surface area contributed by atoms with Gasteiger partial charge in [0.05, 0.1) is 6.42 Å². The van der Waals surface area contributed by atoms with E-state index in [-0.39, 0.29) is 23.4 Å². The third-order valence-electron chi connectivity index (χ3n) is 2.31. The Morgan fingerprint density at radius 3 is 1.61 bits per heavy atom. The van der Waals surface area contributed by atoms with E-state index in [0.29, 0.717) is 12.8 Å². The highest BCUT2D eigenvalue weighted by molar-refractivity contribution is 6.01. The summed E-state index contributed by atoms with van der Waals surface area (Å²) in [4.78, 5) is 49.8. The average Bonchev–Trinajstić information content (AvgIpc) is 2.46. The maximum Gasteiger partial charge on any atom is 0.369 e. The molecule has 8 nitrogen and oxygen atoms in total. The monoisotopic (exact) mass is 330 g/mol. The van der Waals surface area contributed by atoms with Crippen molar-refractivity contribution in [3.8, 4) is 0 Å². The average molecular weight is 330 g/mol. The SMILES string of the molecule is C=CC(=O)OOOC(=O)C=C.CC1(C)CC(=O)CC(=O)C1.CO. The second-order valence-electron chi connectivity index (χ2n) is 5.05. The molecule has 0 radical (unpaired) electrons. The fraction of sp³-hybridized carbons (Fsp3) is 0.467. The molecule has 1 rings (SSSR count). The maximum absolute atomic E-state index is 10.9. The van der Waals surface area contributed by atoms with Crippen LogP contribution in [0.15, 0.2) is 25.3 Å². The quantitative estimate of drug-likeness (QED) is 0.354. The molecule has 0 heterocycles. The van der Waals surface area contributed by atoms with Gasteiger partial charge >= 0.3 is 11.9 Å². The zero-order chi connectivity index (χ0) is 18.5. The Bertz CT molecular complexity index is 412. The van der Waals surface area contributed by atoms with Gasteiger partial charge in [-0.1, -0.05) is 27.0 Å². The van der Waals surface area contributed by atoms with E-state index in [1.165, 1.54) is 0 Å². The van der Waals surface area contributed by atoms with Crippen molar-refractivity contribution in [2.24, 2.45) is 5.41 Å². The molecule has 0 aliphatic heterocycles. The number of aliphatic hydroxyl groups is 1. The molecular weight excluding hydrogens is 308 g/mol. The summed E-state index contributed by atoms with van der Waals surface area (Å²) < 4.78 is 0. The Kier molecular flexibility index (Phi) is 12.2. The molecule has 0 aromatic heterocycles. The lowest BCUT2D eigenvalue weighted by atomic mass is 9.76. The molecule has 0 bridgehead atoms. The van der Waals surface area contributed by atoms with E-state index >= 15 is 0 Å². The van der Waals surface area contributed by atoms with Crippen LogP contribution in [-0.2, 0) is 34.0 Å². The van der Waals surface area contributed by atoms with Crippen LogP contribution in [0.3, 0.4) is 0 Å². The zero-order valence-electron chi connectivity index (χ0n) is 13.5. The van der Waals surface area contributed by atoms with Crippen molar-refractivity contribution in [3.63, 3.8) is 0 Å². The second kappa shape index (κ2) is 12.2. The van der Waals surface area contributed by atoms with Gasteiger partial charge in [0.1, 0.15) is 11.6 Å². The predicted octanol–water partition coefficient (Wildman–Crippen LogP) is 1.23. The van der Waals surface area contributed by atoms with Gasteiger partial charge in [-0.15, -0.1) is 0 Å². The minimum absolute atomic E-state index is 0.0770. The molecule has 0 spiro atoms.